The summed E-state index contributed by atoms with van der Waals surface area (Å²) in [5, 5.41) is 4.37. The van der Waals surface area contributed by atoms with Crippen molar-refractivity contribution in [2.75, 3.05) is 25.9 Å². The van der Waals surface area contributed by atoms with Crippen molar-refractivity contribution in [3.8, 4) is 0 Å². The molecule has 3 unspecified atom stereocenters. The number of hydrogen-bond donors (Lipinski definition) is 1. The first-order valence-electron chi connectivity index (χ1n) is 5.82. The Balaban J connectivity index is 1.97. The second-order valence-corrected chi connectivity index (χ2v) is 5.64. The number of nitrogens with zero attached hydrogens (tertiary/aromatic N) is 1. The van der Waals surface area contributed by atoms with Crippen molar-refractivity contribution in [1.82, 2.24) is 10.2 Å². The Labute approximate surface area is 91.8 Å². The van der Waals surface area contributed by atoms with Gasteiger partial charge in [0.05, 0.1) is 0 Å². The van der Waals surface area contributed by atoms with E-state index in [1.54, 1.807) is 0 Å². The predicted octanol–water partition coefficient (Wildman–Crippen LogP) is 1.56. The van der Waals surface area contributed by atoms with Crippen LogP contribution in [0.3, 0.4) is 0 Å². The van der Waals surface area contributed by atoms with Gasteiger partial charge in [0, 0.05) is 37.0 Å². The minimum atomic E-state index is 0.737. The fourth-order valence-corrected chi connectivity index (χ4v) is 3.92. The van der Waals surface area contributed by atoms with Crippen LogP contribution in [0.2, 0.25) is 0 Å². The van der Waals surface area contributed by atoms with E-state index < -0.39 is 0 Å². The maximum Gasteiger partial charge on any atom is 0.0218 e. The summed E-state index contributed by atoms with van der Waals surface area (Å²) in [7, 11) is 0. The molecule has 3 heteroatoms. The molecule has 14 heavy (non-hydrogen) atoms. The van der Waals surface area contributed by atoms with Gasteiger partial charge < -0.3 is 5.32 Å². The lowest BCUT2D eigenvalue weighted by molar-refractivity contribution is 0.122. The summed E-state index contributed by atoms with van der Waals surface area (Å²) in [5.74, 6) is 0. The van der Waals surface area contributed by atoms with Crippen molar-refractivity contribution in [3.05, 3.63) is 0 Å². The van der Waals surface area contributed by atoms with E-state index in [1.165, 1.54) is 38.9 Å². The lowest BCUT2D eigenvalue weighted by atomic mass is 10.1. The summed E-state index contributed by atoms with van der Waals surface area (Å²) >= 11 is 2.07. The van der Waals surface area contributed by atoms with Gasteiger partial charge in [-0.1, -0.05) is 6.42 Å². The molecule has 0 aromatic carbocycles. The van der Waals surface area contributed by atoms with Crippen molar-refractivity contribution < 1.29 is 0 Å². The number of piperazine rings is 1. The van der Waals surface area contributed by atoms with E-state index in [0.29, 0.717) is 0 Å². The molecule has 2 rings (SSSR count). The van der Waals surface area contributed by atoms with E-state index in [9.17, 15) is 0 Å². The van der Waals surface area contributed by atoms with Crippen molar-refractivity contribution in [2.45, 2.75) is 43.5 Å². The molecule has 0 amide bonds. The Morgan fingerprint density at radius 2 is 2.21 bits per heavy atom. The molecule has 1 aliphatic carbocycles. The van der Waals surface area contributed by atoms with Crippen LogP contribution >= 0.6 is 11.8 Å². The zero-order valence-electron chi connectivity index (χ0n) is 9.33. The average Bonchev–Trinajstić information content (AvgIpc) is 2.66. The molecule has 3 atom stereocenters. The Bertz CT molecular complexity index is 186. The second kappa shape index (κ2) is 4.86. The standard InChI is InChI=1S/C11H22N2S/c1-9-8-12-6-7-13(9)10-4-3-5-11(10)14-2/h9-12H,3-8H2,1-2H3. The van der Waals surface area contributed by atoms with Crippen LogP contribution in [-0.2, 0) is 0 Å². The molecule has 2 fully saturated rings. The summed E-state index contributed by atoms with van der Waals surface area (Å²) < 4.78 is 0. The highest BCUT2D eigenvalue weighted by Gasteiger charge is 2.34. The van der Waals surface area contributed by atoms with Crippen LogP contribution in [0.5, 0.6) is 0 Å². The first-order valence-corrected chi connectivity index (χ1v) is 7.11. The molecule has 1 heterocycles. The summed E-state index contributed by atoms with van der Waals surface area (Å²) in [5.41, 5.74) is 0. The number of nitrogens with one attached hydrogen (secondary N) is 1. The molecule has 2 nitrogen and oxygen atoms in total. The van der Waals surface area contributed by atoms with Gasteiger partial charge in [-0.3, -0.25) is 4.90 Å². The Morgan fingerprint density at radius 1 is 1.36 bits per heavy atom. The van der Waals surface area contributed by atoms with Crippen LogP contribution in [-0.4, -0.2) is 48.1 Å². The Kier molecular flexibility index (Phi) is 3.74. The molecule has 0 radical (unpaired) electrons. The predicted molar refractivity (Wildman–Crippen MR) is 64.0 cm³/mol. The average molecular weight is 214 g/mol. The first-order chi connectivity index (χ1) is 6.83. The third kappa shape index (κ3) is 2.10. The number of hydrogen-bond acceptors (Lipinski definition) is 3. The summed E-state index contributed by atoms with van der Waals surface area (Å²) in [6.07, 6.45) is 6.57. The van der Waals surface area contributed by atoms with E-state index in [0.717, 1.165) is 17.3 Å². The van der Waals surface area contributed by atoms with Gasteiger partial charge in [-0.2, -0.15) is 11.8 Å². The normalized spacial score (nSPS) is 40.3. The van der Waals surface area contributed by atoms with E-state index in [4.69, 9.17) is 0 Å². The van der Waals surface area contributed by atoms with Gasteiger partial charge in [-0.25, -0.2) is 0 Å². The van der Waals surface area contributed by atoms with Crippen LogP contribution in [0.1, 0.15) is 26.2 Å². The number of rotatable bonds is 2. The zero-order valence-corrected chi connectivity index (χ0v) is 10.1. The third-order valence-corrected chi connectivity index (χ3v) is 4.85. The molecule has 1 saturated carbocycles. The Hall–Kier alpha value is 0.270. The minimum absolute atomic E-state index is 0.737. The molecular weight excluding hydrogens is 192 g/mol. The molecular formula is C11H22N2S. The van der Waals surface area contributed by atoms with Crippen LogP contribution in [0.4, 0.5) is 0 Å². The van der Waals surface area contributed by atoms with E-state index in [-0.39, 0.29) is 0 Å². The molecule has 0 bridgehead atoms. The molecule has 0 aromatic rings. The SMILES string of the molecule is CSC1CCCC1N1CCNCC1C. The molecule has 0 aromatic heterocycles. The van der Waals surface area contributed by atoms with Crippen LogP contribution in [0.15, 0.2) is 0 Å². The monoisotopic (exact) mass is 214 g/mol. The molecule has 1 saturated heterocycles. The van der Waals surface area contributed by atoms with Gasteiger partial charge >= 0.3 is 0 Å². The molecule has 82 valence electrons. The van der Waals surface area contributed by atoms with E-state index >= 15 is 0 Å². The van der Waals surface area contributed by atoms with Gasteiger partial charge in [0.2, 0.25) is 0 Å². The first kappa shape index (κ1) is 10.8. The molecule has 2 aliphatic rings. The van der Waals surface area contributed by atoms with Crippen molar-refractivity contribution >= 4 is 11.8 Å². The molecule has 1 N–H and O–H groups in total. The van der Waals surface area contributed by atoms with Crippen molar-refractivity contribution in [2.24, 2.45) is 0 Å². The van der Waals surface area contributed by atoms with Crippen molar-refractivity contribution in [1.29, 1.82) is 0 Å². The minimum Gasteiger partial charge on any atom is -0.314 e. The third-order valence-electron chi connectivity index (χ3n) is 3.70. The van der Waals surface area contributed by atoms with Gasteiger partial charge in [0.15, 0.2) is 0 Å². The van der Waals surface area contributed by atoms with Gasteiger partial charge in [-0.05, 0) is 26.0 Å². The lowest BCUT2D eigenvalue weighted by Gasteiger charge is -2.40. The topological polar surface area (TPSA) is 15.3 Å². The lowest BCUT2D eigenvalue weighted by Crippen LogP contribution is -2.55. The number of thioether (sulfide) groups is 1. The van der Waals surface area contributed by atoms with Crippen LogP contribution in [0, 0.1) is 0 Å². The van der Waals surface area contributed by atoms with Gasteiger partial charge in [-0.15, -0.1) is 0 Å². The summed E-state index contributed by atoms with van der Waals surface area (Å²) in [6, 6.07) is 1.60. The van der Waals surface area contributed by atoms with E-state index in [2.05, 4.69) is 35.2 Å². The van der Waals surface area contributed by atoms with E-state index in [1.807, 2.05) is 0 Å². The molecule has 1 aliphatic heterocycles. The highest BCUT2D eigenvalue weighted by atomic mass is 32.2. The quantitative estimate of drug-likeness (QED) is 0.751. The highest BCUT2D eigenvalue weighted by Crippen LogP contribution is 2.33. The second-order valence-electron chi connectivity index (χ2n) is 4.56. The van der Waals surface area contributed by atoms with Crippen molar-refractivity contribution in [3.63, 3.8) is 0 Å². The summed E-state index contributed by atoms with van der Waals surface area (Å²) in [4.78, 5) is 2.74. The smallest absolute Gasteiger partial charge is 0.0218 e. The van der Waals surface area contributed by atoms with Gasteiger partial charge in [0.1, 0.15) is 0 Å². The Morgan fingerprint density at radius 3 is 2.93 bits per heavy atom. The molecule has 0 spiro atoms. The summed E-state index contributed by atoms with van der Waals surface area (Å²) in [6.45, 7) is 5.98. The maximum absolute atomic E-state index is 3.47. The van der Waals surface area contributed by atoms with Gasteiger partial charge in [0.25, 0.3) is 0 Å². The van der Waals surface area contributed by atoms with Crippen LogP contribution in [0.25, 0.3) is 0 Å². The zero-order chi connectivity index (χ0) is 9.97. The fraction of sp³-hybridized carbons (Fsp3) is 1.00. The maximum atomic E-state index is 3.47. The fourth-order valence-electron chi connectivity index (χ4n) is 2.91. The largest absolute Gasteiger partial charge is 0.314 e. The van der Waals surface area contributed by atoms with Crippen LogP contribution < -0.4 is 5.32 Å². The highest BCUT2D eigenvalue weighted by molar-refractivity contribution is 7.99.